The van der Waals surface area contributed by atoms with E-state index >= 15 is 0 Å². The zero-order valence-corrected chi connectivity index (χ0v) is 20.9. The quantitative estimate of drug-likeness (QED) is 0.351. The van der Waals surface area contributed by atoms with Gasteiger partial charge in [-0.05, 0) is 53.3 Å². The Bertz CT molecular complexity index is 1370. The highest BCUT2D eigenvalue weighted by Crippen LogP contribution is 2.29. The average Bonchev–Trinajstić information content (AvgIpc) is 3.58. The predicted octanol–water partition coefficient (Wildman–Crippen LogP) is 4.06. The molecule has 0 unspecified atom stereocenters. The standard InChI is InChI=1S/C26H29N7O2S/c1-2-33-24-21(15-30-33)23(31-19-7-10-32(11-8-19)26(27)35)22(14-28-24)25(34)29-13-17-5-3-4-6-20(17)18-9-12-36-16-18/h3-6,9,12,14-16,19H,2,7-8,10-11,13H2,1H3,(H2,27,35)(H,28,31)(H,29,34). The number of benzene rings is 1. The number of carbonyl (C=O) groups is 2. The summed E-state index contributed by atoms with van der Waals surface area (Å²) in [5, 5.41) is 16.1. The molecule has 0 spiro atoms. The lowest BCUT2D eigenvalue weighted by atomic mass is 10.0. The number of pyridine rings is 1. The van der Waals surface area contributed by atoms with Crippen molar-refractivity contribution in [3.8, 4) is 11.1 Å². The van der Waals surface area contributed by atoms with Gasteiger partial charge in [0.05, 0.1) is 22.8 Å². The maximum Gasteiger partial charge on any atom is 0.314 e. The summed E-state index contributed by atoms with van der Waals surface area (Å²) >= 11 is 1.65. The van der Waals surface area contributed by atoms with Gasteiger partial charge < -0.3 is 21.3 Å². The Balaban J connectivity index is 1.40. The summed E-state index contributed by atoms with van der Waals surface area (Å²) in [6.07, 6.45) is 4.86. The molecule has 1 aliphatic rings. The second-order valence-electron chi connectivity index (χ2n) is 8.84. The van der Waals surface area contributed by atoms with E-state index in [0.717, 1.165) is 46.3 Å². The SMILES string of the molecule is CCn1ncc2c(NC3CCN(C(N)=O)CC3)c(C(=O)NCc3ccccc3-c3ccsc3)cnc21. The number of nitrogens with two attached hydrogens (primary N) is 1. The number of primary amides is 1. The Morgan fingerprint density at radius 1 is 1.17 bits per heavy atom. The van der Waals surface area contributed by atoms with Gasteiger partial charge in [0.1, 0.15) is 0 Å². The van der Waals surface area contributed by atoms with Crippen LogP contribution in [-0.4, -0.2) is 50.7 Å². The number of nitrogens with zero attached hydrogens (tertiary/aromatic N) is 4. The molecule has 0 aliphatic carbocycles. The molecule has 0 atom stereocenters. The number of aromatic nitrogens is 3. The fraction of sp³-hybridized carbons (Fsp3) is 0.308. The molecule has 0 bridgehead atoms. The Kier molecular flexibility index (Phi) is 6.86. The van der Waals surface area contributed by atoms with Crippen LogP contribution in [0.4, 0.5) is 10.5 Å². The Hall–Kier alpha value is -3.92. The van der Waals surface area contributed by atoms with Crippen LogP contribution in [0.15, 0.2) is 53.5 Å². The molecule has 4 N–H and O–H groups in total. The van der Waals surface area contributed by atoms with E-state index in [9.17, 15) is 9.59 Å². The maximum atomic E-state index is 13.5. The van der Waals surface area contributed by atoms with Crippen LogP contribution in [0.25, 0.3) is 22.2 Å². The lowest BCUT2D eigenvalue weighted by molar-refractivity contribution is 0.0951. The Morgan fingerprint density at radius 2 is 1.97 bits per heavy atom. The lowest BCUT2D eigenvalue weighted by Gasteiger charge is -2.32. The van der Waals surface area contributed by atoms with Gasteiger partial charge in [0.25, 0.3) is 5.91 Å². The highest BCUT2D eigenvalue weighted by atomic mass is 32.1. The molecule has 1 aromatic carbocycles. The summed E-state index contributed by atoms with van der Waals surface area (Å²) in [6.45, 7) is 4.24. The van der Waals surface area contributed by atoms with E-state index in [1.807, 2.05) is 35.2 Å². The van der Waals surface area contributed by atoms with Crippen molar-refractivity contribution in [2.45, 2.75) is 38.9 Å². The van der Waals surface area contributed by atoms with Gasteiger partial charge in [0, 0.05) is 38.4 Å². The first-order chi connectivity index (χ1) is 17.5. The molecular formula is C26H29N7O2S. The first-order valence-electron chi connectivity index (χ1n) is 12.1. The number of fused-ring (bicyclic) bond motifs is 1. The fourth-order valence-corrected chi connectivity index (χ4v) is 5.33. The molecule has 3 amide bonds. The van der Waals surface area contributed by atoms with E-state index in [1.165, 1.54) is 0 Å². The number of aryl methyl sites for hydroxylation is 1. The van der Waals surface area contributed by atoms with Crippen LogP contribution >= 0.6 is 11.3 Å². The van der Waals surface area contributed by atoms with Crippen LogP contribution in [0, 0.1) is 0 Å². The highest BCUT2D eigenvalue weighted by Gasteiger charge is 2.25. The van der Waals surface area contributed by atoms with Crippen LogP contribution in [0.5, 0.6) is 0 Å². The number of urea groups is 1. The van der Waals surface area contributed by atoms with Gasteiger partial charge in [-0.1, -0.05) is 24.3 Å². The number of amides is 3. The second kappa shape index (κ2) is 10.4. The van der Waals surface area contributed by atoms with Gasteiger partial charge in [-0.2, -0.15) is 16.4 Å². The van der Waals surface area contributed by atoms with Crippen LogP contribution in [0.3, 0.4) is 0 Å². The number of hydrogen-bond donors (Lipinski definition) is 3. The second-order valence-corrected chi connectivity index (χ2v) is 9.62. The molecule has 1 aliphatic heterocycles. The molecule has 4 heterocycles. The third-order valence-corrected chi connectivity index (χ3v) is 7.34. The molecule has 1 fully saturated rings. The molecule has 10 heteroatoms. The van der Waals surface area contributed by atoms with Gasteiger partial charge in [-0.15, -0.1) is 0 Å². The first-order valence-corrected chi connectivity index (χ1v) is 13.0. The Labute approximate surface area is 213 Å². The summed E-state index contributed by atoms with van der Waals surface area (Å²) in [7, 11) is 0. The van der Waals surface area contributed by atoms with E-state index in [2.05, 4.69) is 38.2 Å². The van der Waals surface area contributed by atoms with Gasteiger partial charge in [0.15, 0.2) is 5.65 Å². The summed E-state index contributed by atoms with van der Waals surface area (Å²) in [5.74, 6) is -0.203. The highest BCUT2D eigenvalue weighted by molar-refractivity contribution is 7.08. The molecule has 5 rings (SSSR count). The van der Waals surface area contributed by atoms with Crippen molar-refractivity contribution in [1.29, 1.82) is 0 Å². The molecule has 1 saturated heterocycles. The summed E-state index contributed by atoms with van der Waals surface area (Å²) in [6, 6.07) is 9.88. The number of likely N-dealkylation sites (tertiary alicyclic amines) is 1. The molecule has 9 nitrogen and oxygen atoms in total. The summed E-state index contributed by atoms with van der Waals surface area (Å²) < 4.78 is 1.81. The van der Waals surface area contributed by atoms with Crippen molar-refractivity contribution in [2.24, 2.45) is 5.73 Å². The number of nitrogens with one attached hydrogen (secondary N) is 2. The third-order valence-electron chi connectivity index (χ3n) is 6.65. The molecule has 36 heavy (non-hydrogen) atoms. The molecule has 0 radical (unpaired) electrons. The minimum Gasteiger partial charge on any atom is -0.381 e. The minimum absolute atomic E-state index is 0.0991. The van der Waals surface area contributed by atoms with Gasteiger partial charge in [0.2, 0.25) is 0 Å². The molecule has 4 aromatic rings. The lowest BCUT2D eigenvalue weighted by Crippen LogP contribution is -2.44. The van der Waals surface area contributed by atoms with E-state index in [-0.39, 0.29) is 11.9 Å². The molecule has 186 valence electrons. The average molecular weight is 504 g/mol. The fourth-order valence-electron chi connectivity index (χ4n) is 4.68. The summed E-state index contributed by atoms with van der Waals surface area (Å²) in [4.78, 5) is 31.2. The Morgan fingerprint density at radius 3 is 2.69 bits per heavy atom. The largest absolute Gasteiger partial charge is 0.381 e. The zero-order valence-electron chi connectivity index (χ0n) is 20.1. The number of thiophene rings is 1. The van der Waals surface area contributed by atoms with Crippen molar-refractivity contribution in [3.05, 3.63) is 64.6 Å². The van der Waals surface area contributed by atoms with Crippen molar-refractivity contribution in [1.82, 2.24) is 25.0 Å². The number of hydrogen-bond acceptors (Lipinski definition) is 6. The van der Waals surface area contributed by atoms with Crippen LogP contribution in [-0.2, 0) is 13.1 Å². The van der Waals surface area contributed by atoms with Gasteiger partial charge >= 0.3 is 6.03 Å². The van der Waals surface area contributed by atoms with Gasteiger partial charge in [-0.25, -0.2) is 14.5 Å². The topological polar surface area (TPSA) is 118 Å². The third kappa shape index (κ3) is 4.76. The predicted molar refractivity (Wildman–Crippen MR) is 142 cm³/mol. The van der Waals surface area contributed by atoms with E-state index in [1.54, 1.807) is 28.6 Å². The molecular weight excluding hydrogens is 474 g/mol. The smallest absolute Gasteiger partial charge is 0.314 e. The maximum absolute atomic E-state index is 13.5. The van der Waals surface area contributed by atoms with Gasteiger partial charge in [-0.3, -0.25) is 4.79 Å². The summed E-state index contributed by atoms with van der Waals surface area (Å²) in [5.41, 5.74) is 10.7. The van der Waals surface area contributed by atoms with Crippen molar-refractivity contribution >= 4 is 40.0 Å². The van der Waals surface area contributed by atoms with Crippen molar-refractivity contribution < 1.29 is 9.59 Å². The number of piperidine rings is 1. The van der Waals surface area contributed by atoms with Crippen molar-refractivity contribution in [2.75, 3.05) is 18.4 Å². The van der Waals surface area contributed by atoms with Crippen LogP contribution < -0.4 is 16.4 Å². The molecule has 0 saturated carbocycles. The zero-order chi connectivity index (χ0) is 25.1. The van der Waals surface area contributed by atoms with E-state index in [0.29, 0.717) is 31.7 Å². The monoisotopic (exact) mass is 503 g/mol. The number of carbonyl (C=O) groups excluding carboxylic acids is 2. The number of anilines is 1. The van der Waals surface area contributed by atoms with Crippen molar-refractivity contribution in [3.63, 3.8) is 0 Å². The van der Waals surface area contributed by atoms with Crippen LogP contribution in [0.1, 0.15) is 35.7 Å². The minimum atomic E-state index is -0.397. The molecule has 3 aromatic heterocycles. The van der Waals surface area contributed by atoms with E-state index in [4.69, 9.17) is 5.73 Å². The first kappa shape index (κ1) is 23.8. The van der Waals surface area contributed by atoms with E-state index < -0.39 is 6.03 Å². The number of rotatable bonds is 7. The normalized spacial score (nSPS) is 14.2. The van der Waals surface area contributed by atoms with Crippen LogP contribution in [0.2, 0.25) is 0 Å².